The van der Waals surface area contributed by atoms with Crippen LogP contribution in [0.2, 0.25) is 0 Å². The van der Waals surface area contributed by atoms with Crippen molar-refractivity contribution in [2.24, 2.45) is 5.92 Å². The predicted molar refractivity (Wildman–Crippen MR) is 109 cm³/mol. The average Bonchev–Trinajstić information content (AvgIpc) is 2.68. The van der Waals surface area contributed by atoms with Gasteiger partial charge < -0.3 is 10.2 Å². The lowest BCUT2D eigenvalue weighted by Gasteiger charge is -2.32. The van der Waals surface area contributed by atoms with Crippen molar-refractivity contribution in [3.63, 3.8) is 0 Å². The van der Waals surface area contributed by atoms with Gasteiger partial charge in [-0.3, -0.25) is 9.59 Å². The monoisotopic (exact) mass is 384 g/mol. The summed E-state index contributed by atoms with van der Waals surface area (Å²) in [4.78, 5) is 27.6. The molecule has 5 heteroatoms. The Hall–Kier alpha value is -2.69. The van der Waals surface area contributed by atoms with Crippen molar-refractivity contribution < 1.29 is 14.0 Å². The first-order chi connectivity index (χ1) is 13.4. The van der Waals surface area contributed by atoms with Crippen LogP contribution in [0.15, 0.2) is 54.6 Å². The number of nitrogens with zero attached hydrogens (tertiary/aromatic N) is 1. The minimum Gasteiger partial charge on any atom is -0.354 e. The van der Waals surface area contributed by atoms with Crippen molar-refractivity contribution in [3.05, 3.63) is 71.5 Å². The van der Waals surface area contributed by atoms with Gasteiger partial charge in [0, 0.05) is 19.5 Å². The molecule has 0 aliphatic rings. The lowest BCUT2D eigenvalue weighted by Crippen LogP contribution is -2.44. The molecule has 0 spiro atoms. The molecule has 2 aromatic rings. The highest BCUT2D eigenvalue weighted by molar-refractivity contribution is 5.88. The van der Waals surface area contributed by atoms with Gasteiger partial charge in [-0.25, -0.2) is 4.39 Å². The lowest BCUT2D eigenvalue weighted by atomic mass is 10.0. The maximum atomic E-state index is 13.3. The van der Waals surface area contributed by atoms with Crippen molar-refractivity contribution in [3.8, 4) is 0 Å². The van der Waals surface area contributed by atoms with Gasteiger partial charge in [-0.2, -0.15) is 0 Å². The van der Waals surface area contributed by atoms with E-state index < -0.39 is 6.04 Å². The number of halogens is 1. The Morgan fingerprint density at radius 2 is 1.68 bits per heavy atom. The van der Waals surface area contributed by atoms with Gasteiger partial charge in [0.2, 0.25) is 11.8 Å². The van der Waals surface area contributed by atoms with Crippen LogP contribution >= 0.6 is 0 Å². The summed E-state index contributed by atoms with van der Waals surface area (Å²) in [6.45, 7) is 6.76. The zero-order valence-electron chi connectivity index (χ0n) is 16.8. The molecule has 0 saturated heterocycles. The van der Waals surface area contributed by atoms with E-state index in [0.717, 1.165) is 11.1 Å². The SMILES string of the molecule is CCCC(=O)N(Cc1ccc(F)cc1)C(C(=O)NCC(C)C)c1ccccc1. The molecular formula is C23H29FN2O2. The topological polar surface area (TPSA) is 49.4 Å². The fraction of sp³-hybridized carbons (Fsp3) is 0.391. The number of carbonyl (C=O) groups is 2. The molecule has 0 radical (unpaired) electrons. The highest BCUT2D eigenvalue weighted by Crippen LogP contribution is 2.25. The molecule has 2 rings (SSSR count). The fourth-order valence-corrected chi connectivity index (χ4v) is 2.98. The van der Waals surface area contributed by atoms with Crippen molar-refractivity contribution in [2.75, 3.05) is 6.54 Å². The number of carbonyl (C=O) groups excluding carboxylic acids is 2. The highest BCUT2D eigenvalue weighted by atomic mass is 19.1. The van der Waals surface area contributed by atoms with E-state index in [-0.39, 0.29) is 24.2 Å². The number of amides is 2. The molecule has 1 atom stereocenters. The zero-order chi connectivity index (χ0) is 20.5. The van der Waals surface area contributed by atoms with E-state index in [2.05, 4.69) is 5.32 Å². The van der Waals surface area contributed by atoms with Gasteiger partial charge in [0.1, 0.15) is 11.9 Å². The smallest absolute Gasteiger partial charge is 0.247 e. The summed E-state index contributed by atoms with van der Waals surface area (Å²) in [7, 11) is 0. The van der Waals surface area contributed by atoms with Gasteiger partial charge >= 0.3 is 0 Å². The Balaban J connectivity index is 2.39. The van der Waals surface area contributed by atoms with Crippen LogP contribution in [0.5, 0.6) is 0 Å². The van der Waals surface area contributed by atoms with E-state index in [0.29, 0.717) is 25.3 Å². The molecule has 0 fully saturated rings. The molecule has 0 aliphatic heterocycles. The van der Waals surface area contributed by atoms with Gasteiger partial charge in [-0.15, -0.1) is 0 Å². The van der Waals surface area contributed by atoms with Crippen LogP contribution in [0.25, 0.3) is 0 Å². The summed E-state index contributed by atoms with van der Waals surface area (Å²) in [6.07, 6.45) is 1.04. The Bertz CT molecular complexity index is 760. The molecule has 1 N–H and O–H groups in total. The summed E-state index contributed by atoms with van der Waals surface area (Å²) >= 11 is 0. The Morgan fingerprint density at radius 1 is 1.04 bits per heavy atom. The molecule has 0 aromatic heterocycles. The molecule has 0 saturated carbocycles. The normalized spacial score (nSPS) is 11.9. The maximum Gasteiger partial charge on any atom is 0.247 e. The molecule has 1 unspecified atom stereocenters. The maximum absolute atomic E-state index is 13.3. The third kappa shape index (κ3) is 6.19. The molecule has 0 bridgehead atoms. The first-order valence-corrected chi connectivity index (χ1v) is 9.79. The lowest BCUT2D eigenvalue weighted by molar-refractivity contribution is -0.141. The third-order valence-corrected chi connectivity index (χ3v) is 4.41. The van der Waals surface area contributed by atoms with E-state index >= 15 is 0 Å². The van der Waals surface area contributed by atoms with Gasteiger partial charge in [0.25, 0.3) is 0 Å². The van der Waals surface area contributed by atoms with Crippen LogP contribution in [0, 0.1) is 11.7 Å². The molecule has 2 amide bonds. The predicted octanol–water partition coefficient (Wildman–Crippen LogP) is 4.47. The van der Waals surface area contributed by atoms with E-state index in [1.807, 2.05) is 51.1 Å². The number of rotatable bonds is 9. The summed E-state index contributed by atoms with van der Waals surface area (Å²) < 4.78 is 13.3. The second kappa shape index (κ2) is 10.6. The van der Waals surface area contributed by atoms with Crippen LogP contribution in [-0.4, -0.2) is 23.3 Å². The number of hydrogen-bond acceptors (Lipinski definition) is 2. The Morgan fingerprint density at radius 3 is 2.25 bits per heavy atom. The van der Waals surface area contributed by atoms with Crippen LogP contribution in [0.3, 0.4) is 0 Å². The summed E-state index contributed by atoms with van der Waals surface area (Å²) in [5.74, 6) is -0.325. The van der Waals surface area contributed by atoms with Crippen LogP contribution < -0.4 is 5.32 Å². The second-order valence-electron chi connectivity index (χ2n) is 7.35. The second-order valence-corrected chi connectivity index (χ2v) is 7.35. The minimum atomic E-state index is -0.732. The van der Waals surface area contributed by atoms with Gasteiger partial charge in [0.05, 0.1) is 0 Å². The molecule has 150 valence electrons. The van der Waals surface area contributed by atoms with E-state index in [9.17, 15) is 14.0 Å². The molecule has 28 heavy (non-hydrogen) atoms. The Kier molecular flexibility index (Phi) is 8.18. The zero-order valence-corrected chi connectivity index (χ0v) is 16.8. The van der Waals surface area contributed by atoms with Crippen LogP contribution in [0.1, 0.15) is 50.8 Å². The van der Waals surface area contributed by atoms with E-state index in [4.69, 9.17) is 0 Å². The van der Waals surface area contributed by atoms with E-state index in [1.54, 1.807) is 17.0 Å². The first-order valence-electron chi connectivity index (χ1n) is 9.79. The quantitative estimate of drug-likeness (QED) is 0.694. The van der Waals surface area contributed by atoms with Crippen LogP contribution in [0.4, 0.5) is 4.39 Å². The molecule has 0 heterocycles. The summed E-state index contributed by atoms with van der Waals surface area (Å²) in [5.41, 5.74) is 1.54. The first kappa shape index (κ1) is 21.6. The van der Waals surface area contributed by atoms with Crippen molar-refractivity contribution in [1.29, 1.82) is 0 Å². The van der Waals surface area contributed by atoms with Crippen molar-refractivity contribution in [2.45, 2.75) is 46.2 Å². The Labute approximate surface area is 166 Å². The third-order valence-electron chi connectivity index (χ3n) is 4.41. The largest absolute Gasteiger partial charge is 0.354 e. The van der Waals surface area contributed by atoms with Gasteiger partial charge in [-0.05, 0) is 35.6 Å². The summed E-state index contributed by atoms with van der Waals surface area (Å²) in [6, 6.07) is 14.6. The van der Waals surface area contributed by atoms with E-state index in [1.165, 1.54) is 12.1 Å². The highest BCUT2D eigenvalue weighted by Gasteiger charge is 2.31. The van der Waals surface area contributed by atoms with Gasteiger partial charge in [-0.1, -0.05) is 63.2 Å². The summed E-state index contributed by atoms with van der Waals surface area (Å²) in [5, 5.41) is 2.96. The van der Waals surface area contributed by atoms with Gasteiger partial charge in [0.15, 0.2) is 0 Å². The standard InChI is InChI=1S/C23H29FN2O2/c1-4-8-21(27)26(16-18-11-13-20(24)14-12-18)22(19-9-6-5-7-10-19)23(28)25-15-17(2)3/h5-7,9-14,17,22H,4,8,15-16H2,1-3H3,(H,25,28). The fourth-order valence-electron chi connectivity index (χ4n) is 2.98. The molecular weight excluding hydrogens is 355 g/mol. The molecule has 0 aliphatic carbocycles. The number of nitrogens with one attached hydrogen (secondary N) is 1. The number of hydrogen-bond donors (Lipinski definition) is 1. The molecule has 4 nitrogen and oxygen atoms in total. The van der Waals surface area contributed by atoms with Crippen molar-refractivity contribution in [1.82, 2.24) is 10.2 Å². The minimum absolute atomic E-state index is 0.0969. The van der Waals surface area contributed by atoms with Crippen molar-refractivity contribution >= 4 is 11.8 Å². The number of benzene rings is 2. The van der Waals surface area contributed by atoms with Crippen LogP contribution in [-0.2, 0) is 16.1 Å². The molecule has 2 aromatic carbocycles. The average molecular weight is 384 g/mol.